The molecule has 0 N–H and O–H groups in total. The number of aromatic nitrogens is 2. The van der Waals surface area contributed by atoms with Crippen molar-refractivity contribution >= 4 is 19.9 Å². The summed E-state index contributed by atoms with van der Waals surface area (Å²) in [4.78, 5) is 3.90. The maximum Gasteiger partial charge on any atom is 0.255 e. The van der Waals surface area contributed by atoms with Gasteiger partial charge in [-0.05, 0) is 38.0 Å². The Hall–Kier alpha value is -1.93. The molecule has 2 bridgehead atoms. The highest BCUT2D eigenvalue weighted by Crippen LogP contribution is 2.38. The molecular weight excluding hydrogens is 489 g/mol. The molecule has 0 amide bonds. The lowest BCUT2D eigenvalue weighted by Gasteiger charge is -2.46. The van der Waals surface area contributed by atoms with E-state index >= 15 is 0 Å². The number of halogens is 1. The van der Waals surface area contributed by atoms with E-state index < -0.39 is 36.7 Å². The van der Waals surface area contributed by atoms with Crippen molar-refractivity contribution in [3.8, 4) is 11.4 Å². The Morgan fingerprint density at radius 2 is 1.82 bits per heavy atom. The molecule has 0 radical (unpaired) electrons. The quantitative estimate of drug-likeness (QED) is 0.542. The molecule has 1 aromatic carbocycles. The van der Waals surface area contributed by atoms with Crippen LogP contribution in [0.4, 0.5) is 4.39 Å². The second kappa shape index (κ2) is 8.63. The molecule has 10 nitrogen and oxygen atoms in total. The highest BCUT2D eigenvalue weighted by atomic mass is 32.2. The first-order chi connectivity index (χ1) is 16.0. The number of rotatable bonds is 7. The molecule has 1 aliphatic carbocycles. The fourth-order valence-corrected chi connectivity index (χ4v) is 7.30. The van der Waals surface area contributed by atoms with Gasteiger partial charge in [-0.2, -0.15) is 4.98 Å². The van der Waals surface area contributed by atoms with Gasteiger partial charge in [0.15, 0.2) is 9.84 Å². The number of sulfone groups is 1. The van der Waals surface area contributed by atoms with Crippen LogP contribution in [-0.4, -0.2) is 75.2 Å². The van der Waals surface area contributed by atoms with E-state index in [-0.39, 0.29) is 40.5 Å². The zero-order valence-electron chi connectivity index (χ0n) is 18.8. The molecule has 3 unspecified atom stereocenters. The van der Waals surface area contributed by atoms with Crippen LogP contribution in [0.1, 0.15) is 31.8 Å². The van der Waals surface area contributed by atoms with Gasteiger partial charge in [-0.25, -0.2) is 25.5 Å². The Balaban J connectivity index is 1.29. The molecule has 0 spiro atoms. The largest absolute Gasteiger partial charge is 0.381 e. The molecule has 34 heavy (non-hydrogen) atoms. The number of hydrogen-bond donors (Lipinski definition) is 0. The first-order valence-corrected chi connectivity index (χ1v) is 14.5. The maximum absolute atomic E-state index is 14.3. The molecule has 1 saturated carbocycles. The van der Waals surface area contributed by atoms with Crippen molar-refractivity contribution in [1.82, 2.24) is 14.4 Å². The van der Waals surface area contributed by atoms with E-state index in [2.05, 4.69) is 10.1 Å². The fraction of sp³-hybridized carbons (Fsp3) is 0.619. The van der Waals surface area contributed by atoms with Gasteiger partial charge >= 0.3 is 0 Å². The van der Waals surface area contributed by atoms with Crippen LogP contribution < -0.4 is 0 Å². The molecule has 3 atom stereocenters. The summed E-state index contributed by atoms with van der Waals surface area (Å²) < 4.78 is 81.8. The van der Waals surface area contributed by atoms with E-state index in [1.807, 2.05) is 0 Å². The molecule has 2 saturated heterocycles. The predicted molar refractivity (Wildman–Crippen MR) is 117 cm³/mol. The number of ether oxygens (including phenoxy) is 2. The third-order valence-corrected chi connectivity index (χ3v) is 9.98. The lowest BCUT2D eigenvalue weighted by Crippen LogP contribution is -2.58. The van der Waals surface area contributed by atoms with E-state index in [0.717, 1.165) is 25.2 Å². The average Bonchev–Trinajstić information content (AvgIpc) is 3.50. The van der Waals surface area contributed by atoms with Crippen LogP contribution in [0.25, 0.3) is 11.4 Å². The summed E-state index contributed by atoms with van der Waals surface area (Å²) in [6, 6.07) is 3.63. The Morgan fingerprint density at radius 1 is 1.15 bits per heavy atom. The van der Waals surface area contributed by atoms with Crippen molar-refractivity contribution in [3.63, 3.8) is 0 Å². The summed E-state index contributed by atoms with van der Waals surface area (Å²) >= 11 is 0. The van der Waals surface area contributed by atoms with Crippen molar-refractivity contribution < 1.29 is 35.2 Å². The van der Waals surface area contributed by atoms with Gasteiger partial charge in [0.2, 0.25) is 15.8 Å². The van der Waals surface area contributed by atoms with Crippen LogP contribution in [-0.2, 0) is 29.3 Å². The molecule has 3 aliphatic rings. The minimum atomic E-state index is -3.69. The highest BCUT2D eigenvalue weighted by Gasteiger charge is 2.49. The molecule has 2 aliphatic heterocycles. The lowest BCUT2D eigenvalue weighted by atomic mass is 9.85. The number of sulfonamides is 1. The molecule has 3 fully saturated rings. The molecular formula is C21H26FN3O7S2. The van der Waals surface area contributed by atoms with Crippen molar-refractivity contribution in [2.45, 2.75) is 42.1 Å². The van der Waals surface area contributed by atoms with E-state index in [1.165, 1.54) is 12.1 Å². The van der Waals surface area contributed by atoms with Crippen LogP contribution in [0.2, 0.25) is 0 Å². The van der Waals surface area contributed by atoms with Gasteiger partial charge in [-0.15, -0.1) is 0 Å². The molecule has 1 aromatic heterocycles. The monoisotopic (exact) mass is 515 g/mol. The zero-order chi connectivity index (χ0) is 24.3. The Labute approximate surface area is 197 Å². The number of fused-ring (bicyclic) bond motifs is 2. The third kappa shape index (κ3) is 4.51. The number of benzene rings is 1. The molecule has 5 rings (SSSR count). The van der Waals surface area contributed by atoms with E-state index in [9.17, 15) is 21.2 Å². The third-order valence-electron chi connectivity index (χ3n) is 6.52. The summed E-state index contributed by atoms with van der Waals surface area (Å²) in [5, 5.41) is 3.63. The second-order valence-electron chi connectivity index (χ2n) is 9.24. The van der Waals surface area contributed by atoms with Gasteiger partial charge in [0.25, 0.3) is 5.89 Å². The van der Waals surface area contributed by atoms with Crippen LogP contribution in [0.3, 0.4) is 0 Å². The first-order valence-electron chi connectivity index (χ1n) is 11.1. The minimum absolute atomic E-state index is 0.108. The molecule has 186 valence electrons. The normalized spacial score (nSPS) is 27.0. The van der Waals surface area contributed by atoms with Crippen LogP contribution in [0.15, 0.2) is 27.6 Å². The van der Waals surface area contributed by atoms with Gasteiger partial charge in [-0.3, -0.25) is 0 Å². The Kier molecular flexibility index (Phi) is 6.04. The van der Waals surface area contributed by atoms with Crippen LogP contribution in [0.5, 0.6) is 0 Å². The first kappa shape index (κ1) is 23.8. The minimum Gasteiger partial charge on any atom is -0.381 e. The number of hydrogen-bond acceptors (Lipinski definition) is 9. The summed E-state index contributed by atoms with van der Waals surface area (Å²) in [6.07, 6.45) is 1.57. The van der Waals surface area contributed by atoms with Crippen molar-refractivity contribution in [1.29, 1.82) is 0 Å². The van der Waals surface area contributed by atoms with Gasteiger partial charge in [0.05, 0.1) is 24.6 Å². The average molecular weight is 516 g/mol. The topological polar surface area (TPSA) is 129 Å². The van der Waals surface area contributed by atoms with Crippen LogP contribution >= 0.6 is 0 Å². The van der Waals surface area contributed by atoms with Crippen molar-refractivity contribution in [2.24, 2.45) is 11.8 Å². The fourth-order valence-electron chi connectivity index (χ4n) is 4.62. The highest BCUT2D eigenvalue weighted by molar-refractivity contribution is 7.90. The van der Waals surface area contributed by atoms with E-state index in [4.69, 9.17) is 14.0 Å². The van der Waals surface area contributed by atoms with Gasteiger partial charge in [0, 0.05) is 36.7 Å². The van der Waals surface area contributed by atoms with Crippen molar-refractivity contribution in [2.75, 3.05) is 32.6 Å². The molecule has 13 heteroatoms. The summed E-state index contributed by atoms with van der Waals surface area (Å²) in [5.74, 6) is -0.809. The Morgan fingerprint density at radius 3 is 2.41 bits per heavy atom. The van der Waals surface area contributed by atoms with Gasteiger partial charge in [0.1, 0.15) is 16.8 Å². The lowest BCUT2D eigenvalue weighted by molar-refractivity contribution is -0.161. The van der Waals surface area contributed by atoms with Crippen molar-refractivity contribution in [3.05, 3.63) is 29.9 Å². The summed E-state index contributed by atoms with van der Waals surface area (Å²) in [7, 11) is -6.95. The maximum atomic E-state index is 14.3. The van der Waals surface area contributed by atoms with Gasteiger partial charge < -0.3 is 14.0 Å². The van der Waals surface area contributed by atoms with Gasteiger partial charge in [-0.1, -0.05) is 5.16 Å². The SMILES string of the molecule is CC(OC1C2COCC1CN(S(=O)(=O)C1CC1)C2)c1nc(-c2ccc(S(C)(=O)=O)c(F)c2)no1. The number of nitrogens with zero attached hydrogens (tertiary/aromatic N) is 3. The molecule has 2 aromatic rings. The van der Waals surface area contributed by atoms with E-state index in [0.29, 0.717) is 26.3 Å². The predicted octanol–water partition coefficient (Wildman–Crippen LogP) is 1.80. The molecule has 3 heterocycles. The zero-order valence-corrected chi connectivity index (χ0v) is 20.4. The standard InChI is InChI=1S/C21H26FN3O7S2/c1-12(21-23-20(24-32-21)13-3-6-18(17(22)7-13)33(2,26)27)31-19-14-8-25(9-15(19)11-30-10-14)34(28,29)16-4-5-16/h3,6-7,12,14-16,19H,4-5,8-11H2,1-2H3. The second-order valence-corrected chi connectivity index (χ2v) is 13.4. The van der Waals surface area contributed by atoms with E-state index in [1.54, 1.807) is 11.2 Å². The Bertz CT molecular complexity index is 1280. The smallest absolute Gasteiger partial charge is 0.255 e. The summed E-state index contributed by atoms with van der Waals surface area (Å²) in [5.41, 5.74) is 0.274. The number of piperidine rings is 1. The van der Waals surface area contributed by atoms with Crippen LogP contribution in [0, 0.1) is 17.7 Å². The summed E-state index contributed by atoms with van der Waals surface area (Å²) in [6.45, 7) is 3.29.